The van der Waals surface area contributed by atoms with Crippen LogP contribution in [-0.2, 0) is 46.2 Å². The van der Waals surface area contributed by atoms with E-state index < -0.39 is 71.8 Å². The van der Waals surface area contributed by atoms with Crippen molar-refractivity contribution in [2.24, 2.45) is 11.8 Å². The van der Waals surface area contributed by atoms with Crippen LogP contribution in [0.25, 0.3) is 0 Å². The van der Waals surface area contributed by atoms with Crippen molar-refractivity contribution in [3.63, 3.8) is 0 Å². The van der Waals surface area contributed by atoms with Crippen LogP contribution in [-0.4, -0.2) is 89.3 Å². The lowest BCUT2D eigenvalue weighted by Gasteiger charge is -2.32. The summed E-state index contributed by atoms with van der Waals surface area (Å²) in [4.78, 5) is 64.7. The number of carbonyl (C=O) groups excluding carboxylic acids is 4. The minimum absolute atomic E-state index is 0.00468. The zero-order chi connectivity index (χ0) is 39.8. The van der Waals surface area contributed by atoms with Crippen LogP contribution in [0.5, 0.6) is 5.75 Å². The van der Waals surface area contributed by atoms with E-state index in [0.29, 0.717) is 5.56 Å². The Hall–Kier alpha value is -5.21. The predicted octanol–water partition coefficient (Wildman–Crippen LogP) is 3.78. The molecule has 294 valence electrons. The highest BCUT2D eigenvalue weighted by atomic mass is 16.7. The summed E-state index contributed by atoms with van der Waals surface area (Å²) >= 11 is 0. The van der Waals surface area contributed by atoms with Crippen LogP contribution < -0.4 is 21.3 Å². The molecule has 4 amide bonds. The van der Waals surface area contributed by atoms with Crippen molar-refractivity contribution >= 4 is 29.8 Å². The first-order valence-corrected chi connectivity index (χ1v) is 18.0. The molecule has 54 heavy (non-hydrogen) atoms. The van der Waals surface area contributed by atoms with Crippen LogP contribution in [0, 0.1) is 11.8 Å². The second kappa shape index (κ2) is 20.9. The highest BCUT2D eigenvalue weighted by Gasteiger charge is 2.33. The molecular formula is C40H54N4O10. The first-order chi connectivity index (χ1) is 25.5. The molecule has 0 fully saturated rings. The number of nitrogens with one attached hydrogen (secondary N) is 4. The number of carboxylic acid groups (broad SMARTS) is 1. The number of alkyl carbamates (subject to hydrolysis) is 1. The van der Waals surface area contributed by atoms with Crippen LogP contribution in [0.4, 0.5) is 4.79 Å². The molecule has 1 heterocycles. The molecule has 1 aliphatic heterocycles. The summed E-state index contributed by atoms with van der Waals surface area (Å²) in [7, 11) is 0. The quantitative estimate of drug-likeness (QED) is 0.115. The Morgan fingerprint density at radius 1 is 0.870 bits per heavy atom. The number of rotatable bonds is 19. The van der Waals surface area contributed by atoms with E-state index in [2.05, 4.69) is 27.8 Å². The monoisotopic (exact) mass is 750 g/mol. The highest BCUT2D eigenvalue weighted by molar-refractivity contribution is 5.90. The normalized spacial score (nSPS) is 18.4. The van der Waals surface area contributed by atoms with E-state index in [1.807, 2.05) is 44.2 Å². The van der Waals surface area contributed by atoms with Gasteiger partial charge in [0.1, 0.15) is 29.5 Å². The number of carboxylic acids is 1. The smallest absolute Gasteiger partial charge is 0.408 e. The van der Waals surface area contributed by atoms with Crippen molar-refractivity contribution in [3.05, 3.63) is 90.5 Å². The highest BCUT2D eigenvalue weighted by Crippen LogP contribution is 2.24. The number of phenols is 1. The van der Waals surface area contributed by atoms with Gasteiger partial charge in [0.2, 0.25) is 17.7 Å². The van der Waals surface area contributed by atoms with E-state index in [4.69, 9.17) is 14.2 Å². The topological polar surface area (TPSA) is 202 Å². The maximum absolute atomic E-state index is 13.5. The van der Waals surface area contributed by atoms with Gasteiger partial charge >= 0.3 is 12.1 Å². The maximum atomic E-state index is 13.5. The molecule has 0 aromatic heterocycles. The number of aliphatic carboxylic acids is 1. The van der Waals surface area contributed by atoms with Gasteiger partial charge in [-0.15, -0.1) is 6.58 Å². The molecule has 3 rings (SSSR count). The van der Waals surface area contributed by atoms with E-state index in [-0.39, 0.29) is 50.5 Å². The minimum Gasteiger partial charge on any atom is -0.508 e. The molecular weight excluding hydrogens is 696 g/mol. The molecule has 0 aliphatic carbocycles. The Kier molecular flexibility index (Phi) is 16.7. The average Bonchev–Trinajstić information content (AvgIpc) is 3.09. The summed E-state index contributed by atoms with van der Waals surface area (Å²) in [6, 6.07) is 12.1. The van der Waals surface area contributed by atoms with Gasteiger partial charge in [-0.3, -0.25) is 14.4 Å². The van der Waals surface area contributed by atoms with Gasteiger partial charge < -0.3 is 45.7 Å². The molecule has 0 radical (unpaired) electrons. The second-order valence-electron chi connectivity index (χ2n) is 14.6. The van der Waals surface area contributed by atoms with Crippen LogP contribution in [0.3, 0.4) is 0 Å². The number of carbonyl (C=O) groups is 5. The summed E-state index contributed by atoms with van der Waals surface area (Å²) < 4.78 is 17.4. The fourth-order valence-electron chi connectivity index (χ4n) is 5.62. The van der Waals surface area contributed by atoms with E-state index >= 15 is 0 Å². The lowest BCUT2D eigenvalue weighted by Crippen LogP contribution is -2.53. The van der Waals surface area contributed by atoms with Crippen LogP contribution >= 0.6 is 0 Å². The number of aromatic hydroxyl groups is 1. The standard InChI is InChI=1S/C40H54N4O10/c1-7-19-52-38-28(23-34(46)42-32(21-26-11-9-8-10-12-26)36(48)43-33(37(49)50)20-25(2)3)15-18-30(53-38)24-41-35(47)31(44-39(51)54-40(4,5)6)22-27-13-16-29(45)17-14-27/h7-18,25,28,30-33,38,45H,1,19-24H2,2-6H3,(H,41,47)(H,42,46)(H,43,48)(H,44,51)(H,49,50)/t28-,30+,31+,32+,33+,38+/m1/s1. The first kappa shape index (κ1) is 43.2. The molecule has 0 unspecified atom stereocenters. The number of ether oxygens (including phenoxy) is 3. The Morgan fingerprint density at radius 3 is 2.09 bits per heavy atom. The minimum atomic E-state index is -1.16. The van der Waals surface area contributed by atoms with E-state index in [0.717, 1.165) is 5.56 Å². The number of hydrogen-bond acceptors (Lipinski definition) is 9. The van der Waals surface area contributed by atoms with Crippen molar-refractivity contribution in [1.82, 2.24) is 21.3 Å². The Balaban J connectivity index is 1.70. The van der Waals surface area contributed by atoms with Gasteiger partial charge in [0.15, 0.2) is 6.29 Å². The fraction of sp³-hybridized carbons (Fsp3) is 0.475. The lowest BCUT2D eigenvalue weighted by atomic mass is 9.98. The molecule has 2 aromatic rings. The summed E-state index contributed by atoms with van der Waals surface area (Å²) in [5, 5.41) is 30.2. The summed E-state index contributed by atoms with van der Waals surface area (Å²) in [5.41, 5.74) is 0.681. The van der Waals surface area contributed by atoms with E-state index in [1.54, 1.807) is 45.1 Å². The van der Waals surface area contributed by atoms with Crippen LogP contribution in [0.1, 0.15) is 58.6 Å². The van der Waals surface area contributed by atoms with Gasteiger partial charge in [-0.25, -0.2) is 9.59 Å². The number of phenolic OH excluding ortho intramolecular Hbond substituents is 1. The molecule has 0 bridgehead atoms. The predicted molar refractivity (Wildman–Crippen MR) is 201 cm³/mol. The molecule has 1 aliphatic rings. The Bertz CT molecular complexity index is 1590. The molecule has 2 aromatic carbocycles. The molecule has 14 heteroatoms. The number of amides is 4. The van der Waals surface area contributed by atoms with Gasteiger partial charge in [0, 0.05) is 31.7 Å². The lowest BCUT2D eigenvalue weighted by molar-refractivity contribution is -0.182. The third kappa shape index (κ3) is 15.4. The van der Waals surface area contributed by atoms with Gasteiger partial charge in [-0.1, -0.05) is 74.5 Å². The number of hydrogen-bond donors (Lipinski definition) is 6. The van der Waals surface area contributed by atoms with Crippen LogP contribution in [0.15, 0.2) is 79.4 Å². The van der Waals surface area contributed by atoms with Crippen molar-refractivity contribution in [1.29, 1.82) is 0 Å². The van der Waals surface area contributed by atoms with Crippen LogP contribution in [0.2, 0.25) is 0 Å². The SMILES string of the molecule is C=CCO[C@H]1O[C@H](CNC(=O)[C@H](Cc2ccc(O)cc2)NC(=O)OC(C)(C)C)C=C[C@@H]1CC(=O)N[C@@H](Cc1ccccc1)C(=O)N[C@@H](CC(C)C)C(=O)O. The summed E-state index contributed by atoms with van der Waals surface area (Å²) in [5.74, 6) is -3.27. The molecule has 0 spiro atoms. The van der Waals surface area contributed by atoms with Gasteiger partial charge in [-0.2, -0.15) is 0 Å². The van der Waals surface area contributed by atoms with Crippen molar-refractivity contribution in [2.75, 3.05) is 13.2 Å². The molecule has 14 nitrogen and oxygen atoms in total. The Morgan fingerprint density at radius 2 is 1.50 bits per heavy atom. The average molecular weight is 751 g/mol. The fourth-order valence-corrected chi connectivity index (χ4v) is 5.62. The Labute approximate surface area is 316 Å². The summed E-state index contributed by atoms with van der Waals surface area (Å²) in [6.07, 6.45) is 2.97. The molecule has 6 atom stereocenters. The van der Waals surface area contributed by atoms with Crippen molar-refractivity contribution < 1.29 is 48.4 Å². The second-order valence-corrected chi connectivity index (χ2v) is 14.6. The third-order valence-corrected chi connectivity index (χ3v) is 8.15. The van der Waals surface area contributed by atoms with E-state index in [9.17, 15) is 34.2 Å². The summed E-state index contributed by atoms with van der Waals surface area (Å²) in [6.45, 7) is 12.6. The van der Waals surface area contributed by atoms with Gasteiger partial charge in [0.05, 0.1) is 12.7 Å². The zero-order valence-corrected chi connectivity index (χ0v) is 31.6. The maximum Gasteiger partial charge on any atom is 0.408 e. The molecule has 6 N–H and O–H groups in total. The first-order valence-electron chi connectivity index (χ1n) is 18.0. The van der Waals surface area contributed by atoms with Crippen molar-refractivity contribution in [3.8, 4) is 5.75 Å². The molecule has 0 saturated heterocycles. The van der Waals surface area contributed by atoms with Gasteiger partial charge in [-0.05, 0) is 56.4 Å². The zero-order valence-electron chi connectivity index (χ0n) is 31.6. The van der Waals surface area contributed by atoms with Gasteiger partial charge in [0.25, 0.3) is 0 Å². The van der Waals surface area contributed by atoms with E-state index in [1.165, 1.54) is 18.2 Å². The van der Waals surface area contributed by atoms with Crippen molar-refractivity contribution in [2.45, 2.75) is 96.4 Å². The number of benzene rings is 2. The largest absolute Gasteiger partial charge is 0.508 e. The third-order valence-electron chi connectivity index (χ3n) is 8.15. The molecule has 0 saturated carbocycles.